The first kappa shape index (κ1) is 21.4. The number of carbonyl (C=O) groups excluding carboxylic acids is 2. The Kier molecular flexibility index (Phi) is 9.10. The van der Waals surface area contributed by atoms with Gasteiger partial charge in [-0.05, 0) is 19.3 Å². The minimum Gasteiger partial charge on any atom is -0.445 e. The Labute approximate surface area is 159 Å². The van der Waals surface area contributed by atoms with E-state index in [-0.39, 0.29) is 11.9 Å². The zero-order chi connectivity index (χ0) is 18.8. The Bertz CT molecular complexity index is 443. The summed E-state index contributed by atoms with van der Waals surface area (Å²) in [6.45, 7) is 4.84. The molecule has 2 rings (SSSR count). The second kappa shape index (κ2) is 11.1. The van der Waals surface area contributed by atoms with Gasteiger partial charge in [0.05, 0.1) is 11.3 Å². The van der Waals surface area contributed by atoms with Gasteiger partial charge in [0, 0.05) is 13.0 Å². The van der Waals surface area contributed by atoms with Crippen LogP contribution < -0.4 is 5.32 Å². The lowest BCUT2D eigenvalue weighted by atomic mass is 9.67. The van der Waals surface area contributed by atoms with Gasteiger partial charge in [0.1, 0.15) is 5.78 Å². The van der Waals surface area contributed by atoms with Gasteiger partial charge in [-0.15, -0.1) is 0 Å². The van der Waals surface area contributed by atoms with E-state index < -0.39 is 11.6 Å². The van der Waals surface area contributed by atoms with E-state index in [4.69, 9.17) is 4.74 Å². The highest BCUT2D eigenvalue weighted by Gasteiger charge is 2.50. The van der Waals surface area contributed by atoms with E-state index in [9.17, 15) is 9.59 Å². The number of esters is 1. The number of carbonyl (C=O) groups is 2. The maximum atomic E-state index is 12.6. The maximum Gasteiger partial charge on any atom is 0.310 e. The second-order valence-electron chi connectivity index (χ2n) is 8.47. The lowest BCUT2D eigenvalue weighted by molar-refractivity contribution is -0.173. The van der Waals surface area contributed by atoms with Crippen molar-refractivity contribution in [3.05, 3.63) is 0 Å². The third-order valence-electron chi connectivity index (χ3n) is 6.36. The number of ether oxygens (including phenoxy) is 1. The molecule has 26 heavy (non-hydrogen) atoms. The van der Waals surface area contributed by atoms with Crippen molar-refractivity contribution < 1.29 is 14.3 Å². The van der Waals surface area contributed by atoms with Crippen molar-refractivity contribution in [3.8, 4) is 0 Å². The van der Waals surface area contributed by atoms with E-state index in [0.717, 1.165) is 38.5 Å². The molecule has 2 aliphatic rings. The zero-order valence-electron chi connectivity index (χ0n) is 17.0. The van der Waals surface area contributed by atoms with Crippen molar-refractivity contribution in [2.75, 3.05) is 6.54 Å². The fourth-order valence-electron chi connectivity index (χ4n) is 4.54. The van der Waals surface area contributed by atoms with Crippen LogP contribution in [-0.4, -0.2) is 24.5 Å². The van der Waals surface area contributed by atoms with Crippen LogP contribution in [0.2, 0.25) is 0 Å². The topological polar surface area (TPSA) is 55.4 Å². The number of nitrogens with one attached hydrogen (secondary N) is 1. The molecule has 1 spiro atoms. The molecule has 1 saturated heterocycles. The largest absolute Gasteiger partial charge is 0.445 e. The smallest absolute Gasteiger partial charge is 0.310 e. The van der Waals surface area contributed by atoms with Gasteiger partial charge in [-0.2, -0.15) is 0 Å². The number of hydrogen-bond acceptors (Lipinski definition) is 4. The van der Waals surface area contributed by atoms with Crippen LogP contribution in [0.5, 0.6) is 0 Å². The second-order valence-corrected chi connectivity index (χ2v) is 8.47. The van der Waals surface area contributed by atoms with Crippen LogP contribution in [0.3, 0.4) is 0 Å². The van der Waals surface area contributed by atoms with Crippen molar-refractivity contribution in [2.45, 2.75) is 110 Å². The summed E-state index contributed by atoms with van der Waals surface area (Å²) < 4.78 is 5.86. The van der Waals surface area contributed by atoms with Gasteiger partial charge in [0.25, 0.3) is 0 Å². The van der Waals surface area contributed by atoms with Gasteiger partial charge in [0.15, 0.2) is 6.23 Å². The normalized spacial score (nSPS) is 23.8. The number of ketones is 1. The molecule has 1 saturated carbocycles. The lowest BCUT2D eigenvalue weighted by Gasteiger charge is -2.44. The minimum absolute atomic E-state index is 0.0786. The van der Waals surface area contributed by atoms with Crippen LogP contribution in [0.25, 0.3) is 0 Å². The number of unbranched alkanes of at least 4 members (excludes halogenated alkanes) is 6. The van der Waals surface area contributed by atoms with Crippen LogP contribution in [-0.2, 0) is 14.3 Å². The highest BCUT2D eigenvalue weighted by atomic mass is 16.6. The SMILES string of the molecule is CCCCCCCCCC(C)C(=O)OC1NCCC(=O)C12CCCCC2. The molecular formula is C22H39NO3. The Morgan fingerprint density at radius 1 is 1.12 bits per heavy atom. The van der Waals surface area contributed by atoms with Crippen LogP contribution in [0.15, 0.2) is 0 Å². The third-order valence-corrected chi connectivity index (χ3v) is 6.36. The molecule has 0 amide bonds. The molecule has 0 aromatic heterocycles. The van der Waals surface area contributed by atoms with Gasteiger partial charge in [-0.1, -0.05) is 78.1 Å². The molecule has 0 bridgehead atoms. The molecule has 1 heterocycles. The Morgan fingerprint density at radius 2 is 1.77 bits per heavy atom. The van der Waals surface area contributed by atoms with Crippen LogP contribution >= 0.6 is 0 Å². The first-order valence-corrected chi connectivity index (χ1v) is 11.1. The summed E-state index contributed by atoms with van der Waals surface area (Å²) >= 11 is 0. The van der Waals surface area contributed by atoms with Crippen LogP contribution in [0, 0.1) is 11.3 Å². The summed E-state index contributed by atoms with van der Waals surface area (Å²) in [5, 5.41) is 3.33. The molecule has 1 aliphatic carbocycles. The summed E-state index contributed by atoms with van der Waals surface area (Å²) in [5.41, 5.74) is -0.453. The predicted octanol–water partition coefficient (Wildman–Crippen LogP) is 5.15. The monoisotopic (exact) mass is 365 g/mol. The van der Waals surface area contributed by atoms with Crippen LogP contribution in [0.1, 0.15) is 104 Å². The highest BCUT2D eigenvalue weighted by Crippen LogP contribution is 2.43. The average molecular weight is 366 g/mol. The van der Waals surface area contributed by atoms with Gasteiger partial charge < -0.3 is 4.74 Å². The average Bonchev–Trinajstić information content (AvgIpc) is 2.65. The highest BCUT2D eigenvalue weighted by molar-refractivity contribution is 5.87. The first-order valence-electron chi connectivity index (χ1n) is 11.1. The van der Waals surface area contributed by atoms with E-state index in [0.29, 0.717) is 18.7 Å². The summed E-state index contributed by atoms with van der Waals surface area (Å²) in [6.07, 6.45) is 14.9. The molecule has 0 aromatic carbocycles. The number of rotatable bonds is 10. The quantitative estimate of drug-likeness (QED) is 0.430. The first-order chi connectivity index (χ1) is 12.6. The van der Waals surface area contributed by atoms with E-state index in [1.807, 2.05) is 6.92 Å². The van der Waals surface area contributed by atoms with E-state index in [1.54, 1.807) is 0 Å². The number of Topliss-reactive ketones (excluding diaryl/α,β-unsaturated/α-hetero) is 1. The number of piperidine rings is 1. The number of hydrogen-bond donors (Lipinski definition) is 1. The molecule has 4 heteroatoms. The molecule has 2 atom stereocenters. The summed E-state index contributed by atoms with van der Waals surface area (Å²) in [5.74, 6) is 0.0896. The summed E-state index contributed by atoms with van der Waals surface area (Å²) in [7, 11) is 0. The molecular weight excluding hydrogens is 326 g/mol. The fourth-order valence-corrected chi connectivity index (χ4v) is 4.54. The molecule has 4 nitrogen and oxygen atoms in total. The van der Waals surface area contributed by atoms with Gasteiger partial charge in [-0.25, -0.2) is 0 Å². The van der Waals surface area contributed by atoms with Crippen molar-refractivity contribution in [2.24, 2.45) is 11.3 Å². The predicted molar refractivity (Wildman–Crippen MR) is 105 cm³/mol. The van der Waals surface area contributed by atoms with E-state index in [1.165, 1.54) is 44.9 Å². The Morgan fingerprint density at radius 3 is 2.46 bits per heavy atom. The van der Waals surface area contributed by atoms with E-state index >= 15 is 0 Å². The van der Waals surface area contributed by atoms with Crippen molar-refractivity contribution in [1.82, 2.24) is 5.32 Å². The summed E-state index contributed by atoms with van der Waals surface area (Å²) in [6, 6.07) is 0. The molecule has 150 valence electrons. The fraction of sp³-hybridized carbons (Fsp3) is 0.909. The molecule has 2 unspecified atom stereocenters. The molecule has 2 fully saturated rings. The third kappa shape index (κ3) is 5.80. The molecule has 1 N–H and O–H groups in total. The standard InChI is InChI=1S/C22H39NO3/c1-3-4-5-6-7-8-10-13-18(2)20(25)26-21-22(15-11-9-12-16-22)19(24)14-17-23-21/h18,21,23H,3-17H2,1-2H3. The summed E-state index contributed by atoms with van der Waals surface area (Å²) in [4.78, 5) is 25.2. The lowest BCUT2D eigenvalue weighted by Crippen LogP contribution is -2.58. The minimum atomic E-state index is -0.453. The van der Waals surface area contributed by atoms with Gasteiger partial charge in [0.2, 0.25) is 0 Å². The molecule has 0 radical (unpaired) electrons. The van der Waals surface area contributed by atoms with Crippen molar-refractivity contribution >= 4 is 11.8 Å². The maximum absolute atomic E-state index is 12.6. The van der Waals surface area contributed by atoms with Gasteiger partial charge in [-0.3, -0.25) is 14.9 Å². The Hall–Kier alpha value is -0.900. The van der Waals surface area contributed by atoms with Crippen LogP contribution in [0.4, 0.5) is 0 Å². The van der Waals surface area contributed by atoms with Gasteiger partial charge >= 0.3 is 5.97 Å². The molecule has 1 aliphatic heterocycles. The Balaban J connectivity index is 1.75. The van der Waals surface area contributed by atoms with Crippen molar-refractivity contribution in [3.63, 3.8) is 0 Å². The van der Waals surface area contributed by atoms with Crippen molar-refractivity contribution in [1.29, 1.82) is 0 Å². The zero-order valence-corrected chi connectivity index (χ0v) is 17.0. The van der Waals surface area contributed by atoms with E-state index in [2.05, 4.69) is 12.2 Å². The molecule has 0 aromatic rings.